The van der Waals surface area contributed by atoms with Crippen LogP contribution in [0.25, 0.3) is 11.3 Å². The van der Waals surface area contributed by atoms with E-state index in [2.05, 4.69) is 27.4 Å². The van der Waals surface area contributed by atoms with Crippen molar-refractivity contribution < 1.29 is 14.0 Å². The highest BCUT2D eigenvalue weighted by molar-refractivity contribution is 6.05. The number of aromatic nitrogens is 2. The van der Waals surface area contributed by atoms with Crippen LogP contribution < -0.4 is 16.2 Å². The summed E-state index contributed by atoms with van der Waals surface area (Å²) < 4.78 is 17.1. The first kappa shape index (κ1) is 30.6. The minimum Gasteiger partial charge on any atom is -0.336 e. The van der Waals surface area contributed by atoms with E-state index in [4.69, 9.17) is 0 Å². The lowest BCUT2D eigenvalue weighted by Crippen LogP contribution is -2.47. The van der Waals surface area contributed by atoms with E-state index in [-0.39, 0.29) is 28.7 Å². The van der Waals surface area contributed by atoms with Gasteiger partial charge >= 0.3 is 0 Å². The second-order valence-electron chi connectivity index (χ2n) is 11.1. The second kappa shape index (κ2) is 13.6. The summed E-state index contributed by atoms with van der Waals surface area (Å²) in [6, 6.07) is 18.9. The molecule has 1 aliphatic heterocycles. The number of carbonyl (C=O) groups excluding carboxylic acids is 2. The molecule has 0 unspecified atom stereocenters. The third-order valence-corrected chi connectivity index (χ3v) is 7.84. The number of halogens is 1. The minimum absolute atomic E-state index is 0.00170. The summed E-state index contributed by atoms with van der Waals surface area (Å²) in [5, 5.41) is 5.73. The van der Waals surface area contributed by atoms with E-state index in [9.17, 15) is 14.4 Å². The molecule has 0 bridgehead atoms. The van der Waals surface area contributed by atoms with Crippen LogP contribution in [0.4, 0.5) is 21.6 Å². The lowest BCUT2D eigenvalue weighted by Gasteiger charge is -2.32. The maximum absolute atomic E-state index is 15.8. The number of amides is 2. The van der Waals surface area contributed by atoms with Gasteiger partial charge < -0.3 is 25.0 Å². The molecule has 4 aromatic rings. The summed E-state index contributed by atoms with van der Waals surface area (Å²) in [4.78, 5) is 47.5. The van der Waals surface area contributed by atoms with Gasteiger partial charge in [0.25, 0.3) is 17.4 Å². The first-order valence-corrected chi connectivity index (χ1v) is 14.9. The van der Waals surface area contributed by atoms with Gasteiger partial charge in [-0.25, -0.2) is 9.37 Å². The Labute approximate surface area is 256 Å². The molecule has 1 aliphatic rings. The van der Waals surface area contributed by atoms with Gasteiger partial charge in [-0.05, 0) is 67.9 Å². The van der Waals surface area contributed by atoms with E-state index >= 15 is 4.39 Å². The zero-order chi connectivity index (χ0) is 31.2. The van der Waals surface area contributed by atoms with E-state index in [1.165, 1.54) is 16.8 Å². The second-order valence-corrected chi connectivity index (χ2v) is 11.1. The fourth-order valence-electron chi connectivity index (χ4n) is 5.19. The highest BCUT2D eigenvalue weighted by Crippen LogP contribution is 2.28. The predicted octanol–water partition coefficient (Wildman–Crippen LogP) is 5.31. The van der Waals surface area contributed by atoms with E-state index in [0.29, 0.717) is 29.9 Å². The van der Waals surface area contributed by atoms with Gasteiger partial charge in [0.1, 0.15) is 0 Å². The van der Waals surface area contributed by atoms with Gasteiger partial charge in [0, 0.05) is 61.8 Å². The molecule has 2 amide bonds. The van der Waals surface area contributed by atoms with Gasteiger partial charge in [0.05, 0.1) is 11.4 Å². The number of piperazine rings is 1. The van der Waals surface area contributed by atoms with Crippen molar-refractivity contribution in [2.24, 2.45) is 7.05 Å². The number of rotatable bonds is 9. The Morgan fingerprint density at radius 1 is 0.932 bits per heavy atom. The fourth-order valence-corrected chi connectivity index (χ4v) is 5.19. The number of carbonyl (C=O) groups is 2. The van der Waals surface area contributed by atoms with Crippen molar-refractivity contribution in [3.05, 3.63) is 106 Å². The summed E-state index contributed by atoms with van der Waals surface area (Å²) in [6.07, 6.45) is 4.16. The number of hydrogen-bond acceptors (Lipinski definition) is 6. The van der Waals surface area contributed by atoms with Crippen molar-refractivity contribution in [3.63, 3.8) is 0 Å². The molecule has 1 aromatic heterocycles. The Kier molecular flexibility index (Phi) is 9.50. The number of anilines is 3. The highest BCUT2D eigenvalue weighted by atomic mass is 19.1. The summed E-state index contributed by atoms with van der Waals surface area (Å²) >= 11 is 0. The van der Waals surface area contributed by atoms with Crippen LogP contribution in [-0.2, 0) is 13.5 Å². The maximum atomic E-state index is 15.8. The topological polar surface area (TPSA) is 99.6 Å². The van der Waals surface area contributed by atoms with Crippen molar-refractivity contribution in [3.8, 4) is 11.3 Å². The predicted molar refractivity (Wildman–Crippen MR) is 171 cm³/mol. The quantitative estimate of drug-likeness (QED) is 0.272. The number of aryl methyl sites for hydroxylation is 2. The largest absolute Gasteiger partial charge is 0.336 e. The first-order chi connectivity index (χ1) is 21.2. The number of likely N-dealkylation sites (N-methyl/N-ethyl adjacent to an activating group) is 1. The van der Waals surface area contributed by atoms with Crippen molar-refractivity contribution in [1.82, 2.24) is 19.4 Å². The first-order valence-electron chi connectivity index (χ1n) is 14.9. The van der Waals surface area contributed by atoms with Crippen LogP contribution in [0.2, 0.25) is 0 Å². The molecule has 0 spiro atoms. The Morgan fingerprint density at radius 2 is 1.66 bits per heavy atom. The molecule has 1 saturated heterocycles. The molecule has 0 aliphatic carbocycles. The van der Waals surface area contributed by atoms with Crippen LogP contribution in [0.15, 0.2) is 77.7 Å². The van der Waals surface area contributed by atoms with E-state index in [1.807, 2.05) is 24.1 Å². The molecular formula is C34H37FN6O3. The van der Waals surface area contributed by atoms with Gasteiger partial charge in [0.15, 0.2) is 11.6 Å². The van der Waals surface area contributed by atoms with Gasteiger partial charge in [-0.3, -0.25) is 14.4 Å². The monoisotopic (exact) mass is 596 g/mol. The zero-order valence-electron chi connectivity index (χ0n) is 25.3. The molecule has 5 rings (SSSR count). The minimum atomic E-state index is -0.657. The Bertz CT molecular complexity index is 1710. The third-order valence-electron chi connectivity index (χ3n) is 7.84. The molecule has 9 nitrogen and oxygen atoms in total. The van der Waals surface area contributed by atoms with Crippen molar-refractivity contribution in [2.75, 3.05) is 43.9 Å². The van der Waals surface area contributed by atoms with Gasteiger partial charge in [0.2, 0.25) is 0 Å². The normalized spacial score (nSPS) is 13.5. The average molecular weight is 597 g/mol. The number of benzene rings is 3. The molecule has 0 saturated carbocycles. The fraction of sp³-hybridized carbons (Fsp3) is 0.294. The summed E-state index contributed by atoms with van der Waals surface area (Å²) in [6.45, 7) is 5.11. The summed E-state index contributed by atoms with van der Waals surface area (Å²) in [5.74, 6) is -1.08. The molecule has 228 valence electrons. The number of hydrogen-bond donors (Lipinski definition) is 2. The lowest BCUT2D eigenvalue weighted by atomic mass is 10.0. The van der Waals surface area contributed by atoms with Crippen LogP contribution in [0.3, 0.4) is 0 Å². The molecule has 10 heteroatoms. The molecule has 0 atom stereocenters. The van der Waals surface area contributed by atoms with Gasteiger partial charge in [-0.1, -0.05) is 37.6 Å². The van der Waals surface area contributed by atoms with Crippen molar-refractivity contribution in [2.45, 2.75) is 26.2 Å². The third kappa shape index (κ3) is 6.86. The van der Waals surface area contributed by atoms with Crippen LogP contribution in [-0.4, -0.2) is 64.4 Å². The van der Waals surface area contributed by atoms with E-state index in [1.54, 1.807) is 55.6 Å². The highest BCUT2D eigenvalue weighted by Gasteiger charge is 2.21. The average Bonchev–Trinajstić information content (AvgIpc) is 3.03. The maximum Gasteiger partial charge on any atom is 0.293 e. The molecular weight excluding hydrogens is 559 g/mol. The standard InChI is InChI=1S/C34H37FN6O3/c1-4-5-9-23-10-6-7-11-26(23)32(42)38-28-13-8-12-27(30(28)35)29-22-40(3)34(44)31(37-29)36-25-16-14-24(15-17-25)33(43)41-20-18-39(2)19-21-41/h6-8,10-17,22H,4-5,9,18-21H2,1-3H3,(H,36,37)(H,38,42). The molecule has 1 fully saturated rings. The lowest BCUT2D eigenvalue weighted by molar-refractivity contribution is 0.0664. The van der Waals surface area contributed by atoms with E-state index < -0.39 is 17.3 Å². The van der Waals surface area contributed by atoms with Crippen LogP contribution in [0.1, 0.15) is 46.0 Å². The SMILES string of the molecule is CCCCc1ccccc1C(=O)Nc1cccc(-c2cn(C)c(=O)c(Nc3ccc(C(=O)N4CCN(C)CC4)cc3)n2)c1F. The molecule has 3 aromatic carbocycles. The molecule has 44 heavy (non-hydrogen) atoms. The zero-order valence-corrected chi connectivity index (χ0v) is 25.3. The summed E-state index contributed by atoms with van der Waals surface area (Å²) in [7, 11) is 3.60. The smallest absolute Gasteiger partial charge is 0.293 e. The molecule has 0 radical (unpaired) electrons. The Hall–Kier alpha value is -4.83. The Balaban J connectivity index is 1.36. The van der Waals surface area contributed by atoms with Crippen LogP contribution in [0.5, 0.6) is 0 Å². The summed E-state index contributed by atoms with van der Waals surface area (Å²) in [5.41, 5.74) is 2.50. The van der Waals surface area contributed by atoms with Gasteiger partial charge in [-0.2, -0.15) is 0 Å². The van der Waals surface area contributed by atoms with Crippen molar-refractivity contribution >= 4 is 29.0 Å². The van der Waals surface area contributed by atoms with Crippen LogP contribution in [0, 0.1) is 5.82 Å². The van der Waals surface area contributed by atoms with Gasteiger partial charge in [-0.15, -0.1) is 0 Å². The number of nitrogens with one attached hydrogen (secondary N) is 2. The molecule has 2 N–H and O–H groups in total. The number of nitrogens with zero attached hydrogens (tertiary/aromatic N) is 4. The Morgan fingerprint density at radius 3 is 2.39 bits per heavy atom. The number of unbranched alkanes of at least 4 members (excludes halogenated alkanes) is 1. The van der Waals surface area contributed by atoms with Crippen molar-refractivity contribution in [1.29, 1.82) is 0 Å². The van der Waals surface area contributed by atoms with E-state index in [0.717, 1.165) is 37.9 Å². The van der Waals surface area contributed by atoms with Crippen LogP contribution >= 0.6 is 0 Å². The molecule has 2 heterocycles.